The van der Waals surface area contributed by atoms with Gasteiger partial charge in [0.1, 0.15) is 0 Å². The number of carbonyl (C=O) groups excluding carboxylic acids is 2. The molecule has 0 radical (unpaired) electrons. The molecule has 1 aliphatic heterocycles. The predicted molar refractivity (Wildman–Crippen MR) is 135 cm³/mol. The number of thioether (sulfide) groups is 1. The molecule has 176 valence electrons. The minimum Gasteiger partial charge on any atom is -0.328 e. The summed E-state index contributed by atoms with van der Waals surface area (Å²) in [5.74, 6) is 0.839. The van der Waals surface area contributed by atoms with Crippen LogP contribution >= 0.6 is 11.8 Å². The van der Waals surface area contributed by atoms with Gasteiger partial charge in [-0.3, -0.25) is 9.59 Å². The van der Waals surface area contributed by atoms with Crippen LogP contribution in [0.5, 0.6) is 0 Å². The highest BCUT2D eigenvalue weighted by molar-refractivity contribution is 7.99. The number of amides is 2. The van der Waals surface area contributed by atoms with Crippen LogP contribution in [0.15, 0.2) is 66.3 Å². The molecule has 1 fully saturated rings. The van der Waals surface area contributed by atoms with Gasteiger partial charge in [0.25, 0.3) is 5.91 Å². The van der Waals surface area contributed by atoms with E-state index in [9.17, 15) is 9.59 Å². The minimum atomic E-state index is -0.156. The summed E-state index contributed by atoms with van der Waals surface area (Å²) >= 11 is 1.33. The number of likely N-dealkylation sites (tertiary alicyclic amines) is 1. The zero-order chi connectivity index (χ0) is 24.1. The Balaban J connectivity index is 1.48. The van der Waals surface area contributed by atoms with Crippen molar-refractivity contribution >= 4 is 29.3 Å². The number of rotatable bonds is 8. The molecule has 7 nitrogen and oxygen atoms in total. The van der Waals surface area contributed by atoms with Crippen LogP contribution < -0.4 is 5.32 Å². The van der Waals surface area contributed by atoms with E-state index in [-0.39, 0.29) is 23.6 Å². The first-order valence-electron chi connectivity index (χ1n) is 11.4. The van der Waals surface area contributed by atoms with Crippen molar-refractivity contribution in [2.45, 2.75) is 44.4 Å². The van der Waals surface area contributed by atoms with E-state index in [4.69, 9.17) is 0 Å². The van der Waals surface area contributed by atoms with Crippen LogP contribution in [-0.2, 0) is 11.3 Å². The summed E-state index contributed by atoms with van der Waals surface area (Å²) in [6, 6.07) is 15.2. The fourth-order valence-electron chi connectivity index (χ4n) is 4.14. The van der Waals surface area contributed by atoms with Crippen LogP contribution in [0.25, 0.3) is 0 Å². The van der Waals surface area contributed by atoms with Gasteiger partial charge in [0.2, 0.25) is 5.91 Å². The molecule has 1 unspecified atom stereocenters. The standard InChI is InChI=1S/C26H29N5O2S/c1-4-14-31-24(22-9-6-15-30(22)25(33)20-8-5-7-19(3)16-20)28-29-26(31)34-17-23(32)27-21-12-10-18(2)11-13-21/h4-5,7-8,10-13,16,22H,1,6,9,14-15,17H2,2-3H3,(H,27,32). The van der Waals surface area contributed by atoms with Gasteiger partial charge in [-0.2, -0.15) is 0 Å². The van der Waals surface area contributed by atoms with Gasteiger partial charge in [0, 0.05) is 24.3 Å². The van der Waals surface area contributed by atoms with Crippen LogP contribution in [-0.4, -0.2) is 43.8 Å². The highest BCUT2D eigenvalue weighted by Gasteiger charge is 2.34. The number of anilines is 1. The topological polar surface area (TPSA) is 80.1 Å². The number of carbonyl (C=O) groups is 2. The Morgan fingerprint density at radius 3 is 2.68 bits per heavy atom. The van der Waals surface area contributed by atoms with Crippen molar-refractivity contribution in [3.63, 3.8) is 0 Å². The molecule has 1 atom stereocenters. The Hall–Kier alpha value is -3.39. The zero-order valence-electron chi connectivity index (χ0n) is 19.5. The summed E-state index contributed by atoms with van der Waals surface area (Å²) in [6.45, 7) is 9.04. The van der Waals surface area contributed by atoms with Crippen molar-refractivity contribution in [2.75, 3.05) is 17.6 Å². The summed E-state index contributed by atoms with van der Waals surface area (Å²) < 4.78 is 1.96. The van der Waals surface area contributed by atoms with Crippen molar-refractivity contribution in [1.82, 2.24) is 19.7 Å². The Morgan fingerprint density at radius 2 is 1.94 bits per heavy atom. The molecule has 0 saturated carbocycles. The number of nitrogens with zero attached hydrogens (tertiary/aromatic N) is 4. The third kappa shape index (κ3) is 5.39. The molecular weight excluding hydrogens is 446 g/mol. The number of hydrogen-bond donors (Lipinski definition) is 1. The molecule has 0 spiro atoms. The fraction of sp³-hybridized carbons (Fsp3) is 0.308. The molecule has 1 saturated heterocycles. The van der Waals surface area contributed by atoms with Crippen LogP contribution in [0, 0.1) is 13.8 Å². The molecular formula is C26H29N5O2S. The number of aryl methyl sites for hydroxylation is 2. The Kier molecular flexibility index (Phi) is 7.47. The molecule has 2 amide bonds. The third-order valence-electron chi connectivity index (χ3n) is 5.80. The first-order valence-corrected chi connectivity index (χ1v) is 12.4. The van der Waals surface area contributed by atoms with Crippen LogP contribution in [0.3, 0.4) is 0 Å². The lowest BCUT2D eigenvalue weighted by atomic mass is 10.1. The molecule has 8 heteroatoms. The monoisotopic (exact) mass is 475 g/mol. The second kappa shape index (κ2) is 10.7. The number of nitrogens with one attached hydrogen (secondary N) is 1. The molecule has 1 N–H and O–H groups in total. The van der Waals surface area contributed by atoms with Crippen LogP contribution in [0.1, 0.15) is 46.2 Å². The number of benzene rings is 2. The summed E-state index contributed by atoms with van der Waals surface area (Å²) in [6.07, 6.45) is 3.51. The SMILES string of the molecule is C=CCn1c(SCC(=O)Nc2ccc(C)cc2)nnc1C1CCCN1C(=O)c1cccc(C)c1. The van der Waals surface area contributed by atoms with Crippen molar-refractivity contribution < 1.29 is 9.59 Å². The molecule has 3 aromatic rings. The molecule has 2 heterocycles. The number of hydrogen-bond acceptors (Lipinski definition) is 5. The Bertz CT molecular complexity index is 1190. The minimum absolute atomic E-state index is 0.00558. The molecule has 0 bridgehead atoms. The highest BCUT2D eigenvalue weighted by atomic mass is 32.2. The van der Waals surface area contributed by atoms with E-state index in [2.05, 4.69) is 22.1 Å². The van der Waals surface area contributed by atoms with Gasteiger partial charge in [-0.05, 0) is 51.0 Å². The Labute approximate surface area is 204 Å². The van der Waals surface area contributed by atoms with E-state index < -0.39 is 0 Å². The Morgan fingerprint density at radius 1 is 1.15 bits per heavy atom. The van der Waals surface area contributed by atoms with Gasteiger partial charge in [-0.1, -0.05) is 53.2 Å². The van der Waals surface area contributed by atoms with E-state index in [0.29, 0.717) is 23.8 Å². The average Bonchev–Trinajstić information content (AvgIpc) is 3.46. The largest absolute Gasteiger partial charge is 0.328 e. The van der Waals surface area contributed by atoms with Gasteiger partial charge in [0.05, 0.1) is 11.8 Å². The third-order valence-corrected chi connectivity index (χ3v) is 6.77. The van der Waals surface area contributed by atoms with E-state index >= 15 is 0 Å². The van der Waals surface area contributed by atoms with Crippen LogP contribution in [0.4, 0.5) is 5.69 Å². The van der Waals surface area contributed by atoms with E-state index in [0.717, 1.165) is 35.5 Å². The molecule has 1 aromatic heterocycles. The lowest BCUT2D eigenvalue weighted by Crippen LogP contribution is -2.32. The maximum Gasteiger partial charge on any atom is 0.254 e. The van der Waals surface area contributed by atoms with Crippen molar-refractivity contribution in [2.24, 2.45) is 0 Å². The second-order valence-corrected chi connectivity index (χ2v) is 9.41. The van der Waals surface area contributed by atoms with Gasteiger partial charge >= 0.3 is 0 Å². The number of aromatic nitrogens is 3. The summed E-state index contributed by atoms with van der Waals surface area (Å²) in [5.41, 5.74) is 3.64. The summed E-state index contributed by atoms with van der Waals surface area (Å²) in [5, 5.41) is 12.4. The smallest absolute Gasteiger partial charge is 0.254 e. The summed E-state index contributed by atoms with van der Waals surface area (Å²) in [4.78, 5) is 27.6. The maximum absolute atomic E-state index is 13.3. The highest BCUT2D eigenvalue weighted by Crippen LogP contribution is 2.34. The second-order valence-electron chi connectivity index (χ2n) is 8.47. The lowest BCUT2D eigenvalue weighted by Gasteiger charge is -2.25. The first kappa shape index (κ1) is 23.8. The first-order chi connectivity index (χ1) is 16.5. The maximum atomic E-state index is 13.3. The van der Waals surface area contributed by atoms with E-state index in [1.54, 1.807) is 6.08 Å². The normalized spacial score (nSPS) is 15.4. The number of allylic oxidation sites excluding steroid dienone is 1. The van der Waals surface area contributed by atoms with Crippen molar-refractivity contribution in [1.29, 1.82) is 0 Å². The van der Waals surface area contributed by atoms with Crippen molar-refractivity contribution in [3.05, 3.63) is 83.7 Å². The van der Waals surface area contributed by atoms with Gasteiger partial charge in [-0.15, -0.1) is 16.8 Å². The lowest BCUT2D eigenvalue weighted by molar-refractivity contribution is -0.113. The molecule has 4 rings (SSSR count). The quantitative estimate of drug-likeness (QED) is 0.374. The van der Waals surface area contributed by atoms with Gasteiger partial charge in [-0.25, -0.2) is 0 Å². The molecule has 34 heavy (non-hydrogen) atoms. The zero-order valence-corrected chi connectivity index (χ0v) is 20.3. The van der Waals surface area contributed by atoms with Gasteiger partial charge < -0.3 is 14.8 Å². The predicted octanol–water partition coefficient (Wildman–Crippen LogP) is 4.79. The molecule has 1 aliphatic rings. The summed E-state index contributed by atoms with van der Waals surface area (Å²) in [7, 11) is 0. The average molecular weight is 476 g/mol. The van der Waals surface area contributed by atoms with E-state index in [1.807, 2.05) is 71.8 Å². The van der Waals surface area contributed by atoms with Gasteiger partial charge in [0.15, 0.2) is 11.0 Å². The molecule has 2 aromatic carbocycles. The molecule has 0 aliphatic carbocycles. The van der Waals surface area contributed by atoms with E-state index in [1.165, 1.54) is 11.8 Å². The van der Waals surface area contributed by atoms with Crippen molar-refractivity contribution in [3.8, 4) is 0 Å². The van der Waals surface area contributed by atoms with Crippen LogP contribution in [0.2, 0.25) is 0 Å². The fourth-order valence-corrected chi connectivity index (χ4v) is 4.90.